The second-order valence-corrected chi connectivity index (χ2v) is 5.17. The number of aromatic nitrogens is 1. The highest BCUT2D eigenvalue weighted by Gasteiger charge is 2.08. The molecule has 1 aromatic carbocycles. The zero-order valence-corrected chi connectivity index (χ0v) is 12.0. The molecule has 0 amide bonds. The van der Waals surface area contributed by atoms with Crippen LogP contribution in [-0.4, -0.2) is 4.98 Å². The molecule has 0 aliphatic rings. The van der Waals surface area contributed by atoms with Crippen LogP contribution >= 0.6 is 39.1 Å². The van der Waals surface area contributed by atoms with Crippen molar-refractivity contribution < 1.29 is 4.74 Å². The number of benzene rings is 1. The number of halogens is 3. The van der Waals surface area contributed by atoms with Gasteiger partial charge in [-0.1, -0.05) is 29.3 Å². The first-order chi connectivity index (χ1) is 8.06. The average Bonchev–Trinajstić information content (AvgIpc) is 2.25. The first-order valence-corrected chi connectivity index (χ1v) is 6.36. The van der Waals surface area contributed by atoms with Crippen LogP contribution in [0.5, 0.6) is 11.6 Å². The van der Waals surface area contributed by atoms with Crippen molar-refractivity contribution in [3.63, 3.8) is 0 Å². The van der Waals surface area contributed by atoms with E-state index in [1.165, 1.54) is 6.20 Å². The van der Waals surface area contributed by atoms with E-state index in [1.807, 2.05) is 25.1 Å². The topological polar surface area (TPSA) is 22.1 Å². The number of ether oxygens (including phenoxy) is 1. The van der Waals surface area contributed by atoms with Crippen molar-refractivity contribution in [3.05, 3.63) is 50.5 Å². The highest BCUT2D eigenvalue weighted by Crippen LogP contribution is 2.33. The summed E-state index contributed by atoms with van der Waals surface area (Å²) in [5.74, 6) is 0.993. The maximum Gasteiger partial charge on any atom is 0.238 e. The Bertz CT molecular complexity index is 511. The maximum absolute atomic E-state index is 5.98. The fourth-order valence-electron chi connectivity index (χ4n) is 1.27. The summed E-state index contributed by atoms with van der Waals surface area (Å²) in [5.41, 5.74) is 1.14. The molecule has 0 saturated carbocycles. The van der Waals surface area contributed by atoms with Crippen LogP contribution in [0.4, 0.5) is 0 Å². The van der Waals surface area contributed by atoms with E-state index in [-0.39, 0.29) is 0 Å². The van der Waals surface area contributed by atoms with Crippen LogP contribution in [0.3, 0.4) is 0 Å². The molecule has 17 heavy (non-hydrogen) atoms. The summed E-state index contributed by atoms with van der Waals surface area (Å²) in [6, 6.07) is 7.35. The predicted molar refractivity (Wildman–Crippen MR) is 73.2 cm³/mol. The summed E-state index contributed by atoms with van der Waals surface area (Å²) >= 11 is 15.2. The number of hydrogen-bond donors (Lipinski definition) is 0. The zero-order chi connectivity index (χ0) is 12.4. The van der Waals surface area contributed by atoms with Crippen molar-refractivity contribution in [2.75, 3.05) is 0 Å². The number of hydrogen-bond acceptors (Lipinski definition) is 2. The number of rotatable bonds is 2. The molecule has 5 heteroatoms. The van der Waals surface area contributed by atoms with E-state index in [1.54, 1.807) is 6.07 Å². The lowest BCUT2D eigenvalue weighted by molar-refractivity contribution is 0.460. The van der Waals surface area contributed by atoms with Gasteiger partial charge in [0.1, 0.15) is 10.8 Å². The lowest BCUT2D eigenvalue weighted by atomic mass is 10.2. The summed E-state index contributed by atoms with van der Waals surface area (Å²) in [6.07, 6.45) is 1.49. The van der Waals surface area contributed by atoms with Gasteiger partial charge in [-0.2, -0.15) is 0 Å². The Labute approximate surface area is 118 Å². The molecule has 2 nitrogen and oxygen atoms in total. The summed E-state index contributed by atoms with van der Waals surface area (Å²) < 4.78 is 6.45. The Kier molecular flexibility index (Phi) is 3.92. The van der Waals surface area contributed by atoms with Gasteiger partial charge in [0.25, 0.3) is 0 Å². The van der Waals surface area contributed by atoms with Crippen molar-refractivity contribution in [1.82, 2.24) is 4.98 Å². The third-order valence-electron chi connectivity index (χ3n) is 2.07. The molecule has 0 radical (unpaired) electrons. The van der Waals surface area contributed by atoms with Crippen LogP contribution in [0, 0.1) is 6.92 Å². The SMILES string of the molecule is Cc1ccc(Oc2ncc(Cl)cc2Cl)c(Br)c1. The molecule has 0 fully saturated rings. The smallest absolute Gasteiger partial charge is 0.238 e. The minimum Gasteiger partial charge on any atom is -0.436 e. The highest BCUT2D eigenvalue weighted by atomic mass is 79.9. The molecule has 0 spiro atoms. The van der Waals surface area contributed by atoms with Crippen LogP contribution in [-0.2, 0) is 0 Å². The fourth-order valence-corrected chi connectivity index (χ4v) is 2.26. The van der Waals surface area contributed by atoms with Crippen LogP contribution in [0.15, 0.2) is 34.9 Å². The number of nitrogens with zero attached hydrogens (tertiary/aromatic N) is 1. The second-order valence-electron chi connectivity index (χ2n) is 3.48. The quantitative estimate of drug-likeness (QED) is 0.749. The monoisotopic (exact) mass is 331 g/mol. The van der Waals surface area contributed by atoms with Gasteiger partial charge in [-0.25, -0.2) is 4.98 Å². The Morgan fingerprint density at radius 2 is 2.00 bits per heavy atom. The molecule has 2 aromatic rings. The van der Waals surface area contributed by atoms with Gasteiger partial charge >= 0.3 is 0 Å². The van der Waals surface area contributed by atoms with Gasteiger partial charge in [0.05, 0.1) is 9.50 Å². The average molecular weight is 333 g/mol. The molecule has 0 atom stereocenters. The molecule has 0 unspecified atom stereocenters. The number of aryl methyl sites for hydroxylation is 1. The van der Waals surface area contributed by atoms with Crippen molar-refractivity contribution >= 4 is 39.1 Å². The zero-order valence-electron chi connectivity index (χ0n) is 8.88. The molecule has 0 aliphatic heterocycles. The largest absolute Gasteiger partial charge is 0.436 e. The Hall–Kier alpha value is -0.770. The summed E-state index contributed by atoms with van der Waals surface area (Å²) in [7, 11) is 0. The summed E-state index contributed by atoms with van der Waals surface area (Å²) in [4.78, 5) is 4.03. The standard InChI is InChI=1S/C12H8BrCl2NO/c1-7-2-3-11(9(13)4-7)17-12-10(15)5-8(14)6-16-12/h2-6H,1H3. The van der Waals surface area contributed by atoms with Gasteiger partial charge in [0.2, 0.25) is 5.88 Å². The van der Waals surface area contributed by atoms with Gasteiger partial charge in [0, 0.05) is 6.20 Å². The molecular formula is C12H8BrCl2NO. The minimum atomic E-state index is 0.334. The van der Waals surface area contributed by atoms with E-state index in [2.05, 4.69) is 20.9 Å². The van der Waals surface area contributed by atoms with E-state index in [9.17, 15) is 0 Å². The van der Waals surface area contributed by atoms with Crippen molar-refractivity contribution in [3.8, 4) is 11.6 Å². The van der Waals surface area contributed by atoms with E-state index >= 15 is 0 Å². The molecule has 2 rings (SSSR count). The molecule has 0 bridgehead atoms. The van der Waals surface area contributed by atoms with Crippen molar-refractivity contribution in [1.29, 1.82) is 0 Å². The molecule has 1 aromatic heterocycles. The summed E-state index contributed by atoms with van der Waals surface area (Å²) in [6.45, 7) is 2.00. The number of pyridine rings is 1. The van der Waals surface area contributed by atoms with E-state index in [0.717, 1.165) is 10.0 Å². The normalized spacial score (nSPS) is 10.4. The lowest BCUT2D eigenvalue weighted by Gasteiger charge is -2.08. The van der Waals surface area contributed by atoms with Crippen LogP contribution in [0.2, 0.25) is 10.0 Å². The Balaban J connectivity index is 2.31. The van der Waals surface area contributed by atoms with E-state index in [0.29, 0.717) is 21.7 Å². The van der Waals surface area contributed by atoms with Crippen molar-refractivity contribution in [2.24, 2.45) is 0 Å². The van der Waals surface area contributed by atoms with Gasteiger partial charge in [-0.05, 0) is 46.6 Å². The minimum absolute atomic E-state index is 0.334. The lowest BCUT2D eigenvalue weighted by Crippen LogP contribution is -1.90. The van der Waals surface area contributed by atoms with Gasteiger partial charge in [-0.15, -0.1) is 0 Å². The first-order valence-electron chi connectivity index (χ1n) is 4.81. The fraction of sp³-hybridized carbons (Fsp3) is 0.0833. The second kappa shape index (κ2) is 5.25. The molecule has 0 saturated heterocycles. The third-order valence-corrected chi connectivity index (χ3v) is 3.17. The maximum atomic E-state index is 5.98. The highest BCUT2D eigenvalue weighted by molar-refractivity contribution is 9.10. The molecule has 0 N–H and O–H groups in total. The Morgan fingerprint density at radius 1 is 1.24 bits per heavy atom. The molecule has 0 aliphatic carbocycles. The van der Waals surface area contributed by atoms with Gasteiger partial charge in [0.15, 0.2) is 0 Å². The first kappa shape index (κ1) is 12.7. The van der Waals surface area contributed by atoms with Crippen molar-refractivity contribution in [2.45, 2.75) is 6.92 Å². The predicted octanol–water partition coefficient (Wildman–Crippen LogP) is 5.25. The Morgan fingerprint density at radius 3 is 2.65 bits per heavy atom. The van der Waals surface area contributed by atoms with E-state index in [4.69, 9.17) is 27.9 Å². The molecular weight excluding hydrogens is 325 g/mol. The molecule has 88 valence electrons. The summed E-state index contributed by atoms with van der Waals surface area (Å²) in [5, 5.41) is 0.857. The van der Waals surface area contributed by atoms with Gasteiger partial charge in [-0.3, -0.25) is 0 Å². The van der Waals surface area contributed by atoms with Crippen LogP contribution < -0.4 is 4.74 Å². The van der Waals surface area contributed by atoms with E-state index < -0.39 is 0 Å². The third kappa shape index (κ3) is 3.12. The van der Waals surface area contributed by atoms with Crippen LogP contribution in [0.1, 0.15) is 5.56 Å². The van der Waals surface area contributed by atoms with Gasteiger partial charge < -0.3 is 4.74 Å². The van der Waals surface area contributed by atoms with Crippen LogP contribution in [0.25, 0.3) is 0 Å². The molecule has 1 heterocycles.